The summed E-state index contributed by atoms with van der Waals surface area (Å²) in [5.74, 6) is -1.84. The molecule has 0 N–H and O–H groups in total. The number of hydrogen-bond donors (Lipinski definition) is 0. The van der Waals surface area contributed by atoms with Crippen molar-refractivity contribution >= 4 is 29.1 Å². The Bertz CT molecular complexity index is 899. The highest BCUT2D eigenvalue weighted by atomic mass is 16.2. The van der Waals surface area contributed by atoms with Gasteiger partial charge in [-0.25, -0.2) is 4.90 Å². The number of benzene rings is 2. The van der Waals surface area contributed by atoms with Crippen molar-refractivity contribution in [1.29, 1.82) is 0 Å². The summed E-state index contributed by atoms with van der Waals surface area (Å²) in [4.78, 5) is 41.5. The molecule has 118 valence electrons. The number of nitrogens with zero attached hydrogens (tertiary/aromatic N) is 2. The van der Waals surface area contributed by atoms with Gasteiger partial charge in [-0.3, -0.25) is 14.4 Å². The molecule has 2 heterocycles. The molecule has 1 saturated heterocycles. The topological polar surface area (TPSA) is 57.7 Å². The number of hydrogen-bond acceptors (Lipinski definition) is 3. The van der Waals surface area contributed by atoms with Crippen LogP contribution in [0.5, 0.6) is 0 Å². The first-order chi connectivity index (χ1) is 11.6. The second-order valence-corrected chi connectivity index (χ2v) is 6.55. The maximum Gasteiger partial charge on any atom is 0.239 e. The summed E-state index contributed by atoms with van der Waals surface area (Å²) in [6.07, 6.45) is 0. The second kappa shape index (κ2) is 4.12. The van der Waals surface area contributed by atoms with E-state index in [1.165, 1.54) is 4.90 Å². The van der Waals surface area contributed by atoms with Crippen LogP contribution in [0.25, 0.3) is 0 Å². The summed E-state index contributed by atoms with van der Waals surface area (Å²) in [6, 6.07) is 16.3. The standard InChI is InChI=1S/C19H14N2O3/c1-20-13-10-6-5-9-12(13)19(18(20)24)14-15(19)17(23)21(16(14)22)11-7-3-2-4-8-11/h2-10,14-15H,1H3/t14-,15+,19?. The van der Waals surface area contributed by atoms with Crippen molar-refractivity contribution < 1.29 is 14.4 Å². The first-order valence-corrected chi connectivity index (χ1v) is 7.90. The Hall–Kier alpha value is -2.95. The van der Waals surface area contributed by atoms with Gasteiger partial charge in [0.05, 0.1) is 17.5 Å². The van der Waals surface area contributed by atoms with Crippen LogP contribution in [0.4, 0.5) is 11.4 Å². The molecule has 2 aliphatic heterocycles. The maximum absolute atomic E-state index is 12.9. The fraction of sp³-hybridized carbons (Fsp3) is 0.211. The molecule has 1 saturated carbocycles. The average Bonchev–Trinajstić information content (AvgIpc) is 3.18. The molecule has 1 unspecified atom stereocenters. The minimum absolute atomic E-state index is 0.145. The highest BCUT2D eigenvalue weighted by Gasteiger charge is 2.84. The Morgan fingerprint density at radius 2 is 1.42 bits per heavy atom. The van der Waals surface area contributed by atoms with Crippen molar-refractivity contribution in [2.75, 3.05) is 16.8 Å². The Kier molecular flexibility index (Phi) is 2.31. The Morgan fingerprint density at radius 1 is 0.833 bits per heavy atom. The molecule has 2 fully saturated rings. The molecule has 24 heavy (non-hydrogen) atoms. The van der Waals surface area contributed by atoms with Gasteiger partial charge in [-0.05, 0) is 23.8 Å². The zero-order valence-electron chi connectivity index (χ0n) is 13.0. The molecule has 0 bridgehead atoms. The second-order valence-electron chi connectivity index (χ2n) is 6.55. The van der Waals surface area contributed by atoms with E-state index in [0.29, 0.717) is 5.69 Å². The summed E-state index contributed by atoms with van der Waals surface area (Å²) in [6.45, 7) is 0. The van der Waals surface area contributed by atoms with Crippen LogP contribution in [0.3, 0.4) is 0 Å². The number of anilines is 2. The first kappa shape index (κ1) is 13.5. The van der Waals surface area contributed by atoms with Gasteiger partial charge < -0.3 is 4.90 Å². The van der Waals surface area contributed by atoms with Crippen LogP contribution in [0, 0.1) is 11.8 Å². The van der Waals surface area contributed by atoms with Crippen LogP contribution in [0.1, 0.15) is 5.56 Å². The van der Waals surface area contributed by atoms with Crippen molar-refractivity contribution in [2.45, 2.75) is 5.41 Å². The van der Waals surface area contributed by atoms with Crippen molar-refractivity contribution in [3.05, 3.63) is 60.2 Å². The molecule has 2 aromatic rings. The molecular weight excluding hydrogens is 304 g/mol. The van der Waals surface area contributed by atoms with Crippen molar-refractivity contribution in [1.82, 2.24) is 0 Å². The highest BCUT2D eigenvalue weighted by molar-refractivity contribution is 6.32. The predicted molar refractivity (Wildman–Crippen MR) is 87.4 cm³/mol. The zero-order chi connectivity index (χ0) is 16.6. The quantitative estimate of drug-likeness (QED) is 0.752. The highest BCUT2D eigenvalue weighted by Crippen LogP contribution is 2.69. The lowest BCUT2D eigenvalue weighted by Crippen LogP contribution is -2.42. The van der Waals surface area contributed by atoms with E-state index in [1.807, 2.05) is 30.3 Å². The molecule has 0 aromatic heterocycles. The molecule has 1 aliphatic carbocycles. The number of piperidine rings is 1. The third-order valence-electron chi connectivity index (χ3n) is 5.56. The maximum atomic E-state index is 12.9. The summed E-state index contributed by atoms with van der Waals surface area (Å²) in [5, 5.41) is 0. The lowest BCUT2D eigenvalue weighted by atomic mass is 9.91. The number of carbonyl (C=O) groups is 3. The Labute approximate surface area is 138 Å². The van der Waals surface area contributed by atoms with E-state index >= 15 is 0 Å². The monoisotopic (exact) mass is 318 g/mol. The smallest absolute Gasteiger partial charge is 0.239 e. The van der Waals surface area contributed by atoms with E-state index in [9.17, 15) is 14.4 Å². The molecule has 5 rings (SSSR count). The number of rotatable bonds is 1. The van der Waals surface area contributed by atoms with E-state index in [0.717, 1.165) is 11.3 Å². The average molecular weight is 318 g/mol. The molecular formula is C19H14N2O3. The van der Waals surface area contributed by atoms with Gasteiger partial charge in [0.2, 0.25) is 17.7 Å². The number of amides is 3. The minimum atomic E-state index is -0.981. The Morgan fingerprint density at radius 3 is 2.08 bits per heavy atom. The summed E-state index contributed by atoms with van der Waals surface area (Å²) in [7, 11) is 1.70. The first-order valence-electron chi connectivity index (χ1n) is 7.90. The third kappa shape index (κ3) is 1.26. The molecule has 3 amide bonds. The van der Waals surface area contributed by atoms with E-state index in [4.69, 9.17) is 0 Å². The third-order valence-corrected chi connectivity index (χ3v) is 5.56. The van der Waals surface area contributed by atoms with Crippen LogP contribution >= 0.6 is 0 Å². The van der Waals surface area contributed by atoms with E-state index in [-0.39, 0.29) is 17.7 Å². The van der Waals surface area contributed by atoms with Crippen LogP contribution in [-0.2, 0) is 19.8 Å². The molecule has 3 aliphatic rings. The lowest BCUT2D eigenvalue weighted by molar-refractivity contribution is -0.129. The van der Waals surface area contributed by atoms with Crippen molar-refractivity contribution in [3.63, 3.8) is 0 Å². The van der Waals surface area contributed by atoms with E-state index in [2.05, 4.69) is 0 Å². The molecule has 1 spiro atoms. The van der Waals surface area contributed by atoms with Crippen LogP contribution in [-0.4, -0.2) is 24.8 Å². The summed E-state index contributed by atoms with van der Waals surface area (Å²) >= 11 is 0. The normalized spacial score (nSPS) is 30.1. The molecule has 5 heteroatoms. The minimum Gasteiger partial charge on any atom is -0.314 e. The van der Waals surface area contributed by atoms with Crippen LogP contribution in [0.2, 0.25) is 0 Å². The van der Waals surface area contributed by atoms with Gasteiger partial charge >= 0.3 is 0 Å². The van der Waals surface area contributed by atoms with E-state index in [1.54, 1.807) is 36.2 Å². The largest absolute Gasteiger partial charge is 0.314 e. The molecule has 0 radical (unpaired) electrons. The number of carbonyl (C=O) groups excluding carboxylic acids is 3. The predicted octanol–water partition coefficient (Wildman–Crippen LogP) is 1.72. The molecule has 5 nitrogen and oxygen atoms in total. The zero-order valence-corrected chi connectivity index (χ0v) is 13.0. The summed E-state index contributed by atoms with van der Waals surface area (Å²) in [5.41, 5.74) is 1.19. The van der Waals surface area contributed by atoms with E-state index < -0.39 is 17.3 Å². The van der Waals surface area contributed by atoms with Gasteiger partial charge in [-0.2, -0.15) is 0 Å². The van der Waals surface area contributed by atoms with Gasteiger partial charge in [0.25, 0.3) is 0 Å². The molecule has 2 aromatic carbocycles. The van der Waals surface area contributed by atoms with Gasteiger partial charge in [0.1, 0.15) is 5.41 Å². The van der Waals surface area contributed by atoms with Gasteiger partial charge in [0, 0.05) is 12.7 Å². The van der Waals surface area contributed by atoms with Crippen molar-refractivity contribution in [2.24, 2.45) is 11.8 Å². The van der Waals surface area contributed by atoms with Crippen molar-refractivity contribution in [3.8, 4) is 0 Å². The Balaban J connectivity index is 1.62. The molecule has 3 atom stereocenters. The van der Waals surface area contributed by atoms with Gasteiger partial charge in [0.15, 0.2) is 0 Å². The number of fused-ring (bicyclic) bond motifs is 5. The lowest BCUT2D eigenvalue weighted by Gasteiger charge is -2.22. The SMILES string of the molecule is CN1C(=O)C2(c3ccccc31)[C@@H]1C(=O)N(c3ccccc3)C(=O)[C@@H]12. The van der Waals surface area contributed by atoms with Crippen LogP contribution in [0.15, 0.2) is 54.6 Å². The summed E-state index contributed by atoms with van der Waals surface area (Å²) < 4.78 is 0. The number of imide groups is 1. The van der Waals surface area contributed by atoms with Crippen LogP contribution < -0.4 is 9.80 Å². The number of likely N-dealkylation sites (N-methyl/N-ethyl adjacent to an activating group) is 1. The fourth-order valence-electron chi connectivity index (χ4n) is 4.50. The van der Waals surface area contributed by atoms with Gasteiger partial charge in [-0.15, -0.1) is 0 Å². The van der Waals surface area contributed by atoms with Gasteiger partial charge in [-0.1, -0.05) is 36.4 Å². The fourth-order valence-corrected chi connectivity index (χ4v) is 4.50. The number of para-hydroxylation sites is 2.